The summed E-state index contributed by atoms with van der Waals surface area (Å²) in [5, 5.41) is 2.68. The number of nitrogens with zero attached hydrogens (tertiary/aromatic N) is 1. The molecule has 0 fully saturated rings. The van der Waals surface area contributed by atoms with Gasteiger partial charge in [-0.05, 0) is 55.8 Å². The minimum atomic E-state index is -4.21. The van der Waals surface area contributed by atoms with Gasteiger partial charge in [-0.1, -0.05) is 42.0 Å². The highest BCUT2D eigenvalue weighted by molar-refractivity contribution is 7.92. The minimum absolute atomic E-state index is 0.0549. The molecule has 1 amide bonds. The van der Waals surface area contributed by atoms with Crippen LogP contribution in [-0.4, -0.2) is 20.9 Å². The topological polar surface area (TPSA) is 66.5 Å². The fraction of sp³-hybridized carbons (Fsp3) is 0.174. The van der Waals surface area contributed by atoms with Gasteiger partial charge in [-0.3, -0.25) is 9.10 Å². The Labute approximate surface area is 180 Å². The lowest BCUT2D eigenvalue weighted by Gasteiger charge is -2.25. The van der Waals surface area contributed by atoms with Crippen molar-refractivity contribution < 1.29 is 22.0 Å². The number of benzene rings is 3. The zero-order valence-electron chi connectivity index (χ0n) is 17.0. The Balaban J connectivity index is 1.90. The van der Waals surface area contributed by atoms with Gasteiger partial charge < -0.3 is 5.32 Å². The van der Waals surface area contributed by atoms with Crippen molar-refractivity contribution in [3.8, 4) is 0 Å². The van der Waals surface area contributed by atoms with E-state index in [-0.39, 0.29) is 10.6 Å². The molecule has 1 N–H and O–H groups in total. The molecule has 0 aliphatic heterocycles. The molecule has 0 spiro atoms. The second-order valence-corrected chi connectivity index (χ2v) is 8.98. The van der Waals surface area contributed by atoms with Gasteiger partial charge in [0.1, 0.15) is 18.2 Å². The highest BCUT2D eigenvalue weighted by atomic mass is 32.2. The highest BCUT2D eigenvalue weighted by Gasteiger charge is 2.29. The molecule has 3 aromatic carbocycles. The lowest BCUT2D eigenvalue weighted by Crippen LogP contribution is -2.42. The van der Waals surface area contributed by atoms with E-state index in [0.29, 0.717) is 5.56 Å². The van der Waals surface area contributed by atoms with Gasteiger partial charge in [0.05, 0.1) is 16.6 Å². The Morgan fingerprint density at radius 3 is 2.19 bits per heavy atom. The summed E-state index contributed by atoms with van der Waals surface area (Å²) >= 11 is 0. The average Bonchev–Trinajstić information content (AvgIpc) is 2.73. The Hall–Kier alpha value is -3.26. The molecule has 0 aliphatic rings. The Morgan fingerprint density at radius 2 is 1.58 bits per heavy atom. The monoisotopic (exact) mass is 444 g/mol. The number of nitrogens with one attached hydrogen (secondary N) is 1. The molecule has 8 heteroatoms. The lowest BCUT2D eigenvalue weighted by atomic mass is 10.1. The standard InChI is InChI=1S/C23H22F2N2O3S/c1-16-7-13-20(14-8-16)31(29,30)27(22-6-4-3-5-21(22)25)15-23(28)26-17(2)18-9-11-19(24)12-10-18/h3-14,17H,15H2,1-2H3,(H,26,28)/t17-/m1/s1. The molecule has 162 valence electrons. The number of para-hydroxylation sites is 1. The van der Waals surface area contributed by atoms with Gasteiger partial charge in [0.15, 0.2) is 0 Å². The highest BCUT2D eigenvalue weighted by Crippen LogP contribution is 2.26. The van der Waals surface area contributed by atoms with E-state index in [0.717, 1.165) is 15.9 Å². The first-order valence-corrected chi connectivity index (χ1v) is 11.0. The maximum absolute atomic E-state index is 14.5. The number of hydrogen-bond acceptors (Lipinski definition) is 3. The molecule has 5 nitrogen and oxygen atoms in total. The van der Waals surface area contributed by atoms with E-state index >= 15 is 0 Å². The molecule has 0 saturated carbocycles. The van der Waals surface area contributed by atoms with Crippen LogP contribution in [0.3, 0.4) is 0 Å². The third-order valence-electron chi connectivity index (χ3n) is 4.76. The molecular formula is C23H22F2N2O3S. The first-order chi connectivity index (χ1) is 14.7. The summed E-state index contributed by atoms with van der Waals surface area (Å²) in [5.74, 6) is -1.80. The van der Waals surface area contributed by atoms with Crippen LogP contribution in [0.15, 0.2) is 77.7 Å². The molecule has 0 radical (unpaired) electrons. The smallest absolute Gasteiger partial charge is 0.264 e. The number of carbonyl (C=O) groups excluding carboxylic acids is 1. The van der Waals surface area contributed by atoms with E-state index in [1.54, 1.807) is 19.1 Å². The molecule has 0 unspecified atom stereocenters. The molecule has 0 saturated heterocycles. The zero-order chi connectivity index (χ0) is 22.6. The van der Waals surface area contributed by atoms with Crippen LogP contribution in [0.1, 0.15) is 24.1 Å². The van der Waals surface area contributed by atoms with Crippen molar-refractivity contribution in [3.05, 3.63) is 95.6 Å². The Kier molecular flexibility index (Phi) is 6.70. The maximum Gasteiger partial charge on any atom is 0.264 e. The van der Waals surface area contributed by atoms with Gasteiger partial charge in [0, 0.05) is 0 Å². The second-order valence-electron chi connectivity index (χ2n) is 7.12. The van der Waals surface area contributed by atoms with Crippen LogP contribution < -0.4 is 9.62 Å². The number of anilines is 1. The lowest BCUT2D eigenvalue weighted by molar-refractivity contribution is -0.120. The van der Waals surface area contributed by atoms with Crippen LogP contribution in [0.2, 0.25) is 0 Å². The fourth-order valence-electron chi connectivity index (χ4n) is 3.04. The Morgan fingerprint density at radius 1 is 0.968 bits per heavy atom. The number of carbonyl (C=O) groups is 1. The van der Waals surface area contributed by atoms with Gasteiger partial charge in [-0.25, -0.2) is 17.2 Å². The largest absolute Gasteiger partial charge is 0.348 e. The molecule has 0 heterocycles. The SMILES string of the molecule is Cc1ccc(S(=O)(=O)N(CC(=O)N[C@H](C)c2ccc(F)cc2)c2ccccc2F)cc1. The summed E-state index contributed by atoms with van der Waals surface area (Å²) in [4.78, 5) is 12.7. The van der Waals surface area contributed by atoms with Crippen LogP contribution in [0.4, 0.5) is 14.5 Å². The number of amides is 1. The summed E-state index contributed by atoms with van der Waals surface area (Å²) in [6, 6.07) is 16.5. The van der Waals surface area contributed by atoms with Crippen LogP contribution in [-0.2, 0) is 14.8 Å². The third kappa shape index (κ3) is 5.27. The minimum Gasteiger partial charge on any atom is -0.348 e. The summed E-state index contributed by atoms with van der Waals surface area (Å²) in [6.45, 7) is 2.88. The van der Waals surface area contributed by atoms with E-state index in [1.165, 1.54) is 54.6 Å². The van der Waals surface area contributed by atoms with Gasteiger partial charge in [-0.15, -0.1) is 0 Å². The number of sulfonamides is 1. The van der Waals surface area contributed by atoms with Crippen LogP contribution in [0, 0.1) is 18.6 Å². The summed E-state index contributed by atoms with van der Waals surface area (Å²) < 4.78 is 54.9. The van der Waals surface area contributed by atoms with Gasteiger partial charge >= 0.3 is 0 Å². The molecule has 0 aliphatic carbocycles. The van der Waals surface area contributed by atoms with E-state index in [9.17, 15) is 22.0 Å². The molecule has 31 heavy (non-hydrogen) atoms. The predicted octanol–water partition coefficient (Wildman–Crippen LogP) is 4.35. The van der Waals surface area contributed by atoms with E-state index in [2.05, 4.69) is 5.32 Å². The van der Waals surface area contributed by atoms with Crippen molar-refractivity contribution in [1.82, 2.24) is 5.32 Å². The molecule has 0 aromatic heterocycles. The fourth-order valence-corrected chi connectivity index (χ4v) is 4.47. The van der Waals surface area contributed by atoms with Crippen molar-refractivity contribution in [2.24, 2.45) is 0 Å². The van der Waals surface area contributed by atoms with Crippen LogP contribution >= 0.6 is 0 Å². The number of hydrogen-bond donors (Lipinski definition) is 1. The zero-order valence-corrected chi connectivity index (χ0v) is 17.9. The average molecular weight is 445 g/mol. The number of halogens is 2. The van der Waals surface area contributed by atoms with Crippen LogP contribution in [0.25, 0.3) is 0 Å². The quantitative estimate of drug-likeness (QED) is 0.589. The molecule has 1 atom stereocenters. The molecule has 0 bridgehead atoms. The summed E-state index contributed by atoms with van der Waals surface area (Å²) in [5.41, 5.74) is 1.28. The number of aryl methyl sites for hydroxylation is 1. The predicted molar refractivity (Wildman–Crippen MR) is 115 cm³/mol. The molecular weight excluding hydrogens is 422 g/mol. The van der Waals surface area contributed by atoms with Crippen molar-refractivity contribution in [3.63, 3.8) is 0 Å². The first-order valence-electron chi connectivity index (χ1n) is 9.57. The van der Waals surface area contributed by atoms with Crippen LogP contribution in [0.5, 0.6) is 0 Å². The van der Waals surface area contributed by atoms with E-state index in [1.807, 2.05) is 6.92 Å². The first kappa shape index (κ1) is 22.4. The van der Waals surface area contributed by atoms with Crippen molar-refractivity contribution in [2.75, 3.05) is 10.8 Å². The van der Waals surface area contributed by atoms with Gasteiger partial charge in [0.2, 0.25) is 5.91 Å². The Bertz CT molecular complexity index is 1160. The van der Waals surface area contributed by atoms with E-state index < -0.39 is 40.2 Å². The van der Waals surface area contributed by atoms with Crippen molar-refractivity contribution in [2.45, 2.75) is 24.8 Å². The van der Waals surface area contributed by atoms with E-state index in [4.69, 9.17) is 0 Å². The summed E-state index contributed by atoms with van der Waals surface area (Å²) in [6.07, 6.45) is 0. The second kappa shape index (κ2) is 9.26. The van der Waals surface area contributed by atoms with Gasteiger partial charge in [0.25, 0.3) is 10.0 Å². The molecule has 3 rings (SSSR count). The normalized spacial score (nSPS) is 12.3. The number of rotatable bonds is 7. The molecule has 3 aromatic rings. The van der Waals surface area contributed by atoms with Crippen molar-refractivity contribution >= 4 is 21.6 Å². The van der Waals surface area contributed by atoms with Crippen molar-refractivity contribution in [1.29, 1.82) is 0 Å². The maximum atomic E-state index is 14.5. The van der Waals surface area contributed by atoms with Gasteiger partial charge in [-0.2, -0.15) is 0 Å². The third-order valence-corrected chi connectivity index (χ3v) is 6.54. The summed E-state index contributed by atoms with van der Waals surface area (Å²) in [7, 11) is -4.21.